The zero-order chi connectivity index (χ0) is 15.5. The number of fused-ring (bicyclic) bond motifs is 2. The van der Waals surface area contributed by atoms with E-state index in [4.69, 9.17) is 0 Å². The Morgan fingerprint density at radius 1 is 1.00 bits per heavy atom. The van der Waals surface area contributed by atoms with Crippen LogP contribution in [0.4, 0.5) is 5.69 Å². The molecule has 4 nitrogen and oxygen atoms in total. The monoisotopic (exact) mass is 420 g/mol. The molecule has 22 heavy (non-hydrogen) atoms. The number of aliphatic hydroxyl groups is 1. The number of nitrogens with one attached hydrogen (secondary N) is 2. The molecule has 4 rings (SSSR count). The molecule has 1 amide bonds. The Bertz CT molecular complexity index is 935. The third-order valence-electron chi connectivity index (χ3n) is 3.98. The first-order valence-corrected chi connectivity index (χ1v) is 8.20. The third-order valence-corrected chi connectivity index (χ3v) is 4.97. The molecule has 0 aliphatic carbocycles. The Balaban J connectivity index is 2.03. The van der Waals surface area contributed by atoms with Crippen molar-refractivity contribution >= 4 is 54.4 Å². The van der Waals surface area contributed by atoms with Crippen LogP contribution >= 0.6 is 31.9 Å². The van der Waals surface area contributed by atoms with Gasteiger partial charge in [0, 0.05) is 42.9 Å². The first kappa shape index (κ1) is 14.0. The maximum atomic E-state index is 12.5. The van der Waals surface area contributed by atoms with Gasteiger partial charge >= 0.3 is 0 Å². The Morgan fingerprint density at radius 3 is 2.55 bits per heavy atom. The van der Waals surface area contributed by atoms with Crippen molar-refractivity contribution < 1.29 is 9.90 Å². The molecule has 2 heterocycles. The fourth-order valence-corrected chi connectivity index (χ4v) is 3.64. The highest BCUT2D eigenvalue weighted by molar-refractivity contribution is 9.10. The van der Waals surface area contributed by atoms with E-state index in [0.29, 0.717) is 16.8 Å². The van der Waals surface area contributed by atoms with Gasteiger partial charge in [-0.25, -0.2) is 0 Å². The molecule has 0 bridgehead atoms. The quantitative estimate of drug-likeness (QED) is 0.558. The number of hydrogen-bond acceptors (Lipinski definition) is 2. The predicted octanol–water partition coefficient (Wildman–Crippen LogP) is 3.88. The van der Waals surface area contributed by atoms with Crippen LogP contribution in [-0.4, -0.2) is 16.0 Å². The van der Waals surface area contributed by atoms with E-state index in [-0.39, 0.29) is 0 Å². The van der Waals surface area contributed by atoms with Crippen LogP contribution in [0.15, 0.2) is 51.5 Å². The average molecular weight is 422 g/mol. The van der Waals surface area contributed by atoms with Gasteiger partial charge in [-0.3, -0.25) is 4.79 Å². The number of aromatic amines is 1. The van der Waals surface area contributed by atoms with Crippen LogP contribution in [0, 0.1) is 0 Å². The summed E-state index contributed by atoms with van der Waals surface area (Å²) in [6.45, 7) is 0. The molecule has 6 heteroatoms. The lowest BCUT2D eigenvalue weighted by molar-refractivity contribution is -0.129. The van der Waals surface area contributed by atoms with E-state index in [0.717, 1.165) is 19.8 Å². The van der Waals surface area contributed by atoms with Crippen LogP contribution in [0.25, 0.3) is 10.9 Å². The molecule has 0 saturated carbocycles. The molecular weight excluding hydrogens is 412 g/mol. The molecule has 1 aromatic heterocycles. The fraction of sp³-hybridized carbons (Fsp3) is 0.0625. The number of aromatic nitrogens is 1. The average Bonchev–Trinajstić information content (AvgIpc) is 3.00. The third kappa shape index (κ3) is 1.81. The Kier molecular flexibility index (Phi) is 2.98. The van der Waals surface area contributed by atoms with Gasteiger partial charge in [0.05, 0.1) is 0 Å². The Labute approximate surface area is 142 Å². The van der Waals surface area contributed by atoms with Crippen molar-refractivity contribution in [1.29, 1.82) is 0 Å². The normalized spacial score (nSPS) is 20.2. The minimum Gasteiger partial charge on any atom is -0.372 e. The lowest BCUT2D eigenvalue weighted by Crippen LogP contribution is -2.35. The second-order valence-corrected chi connectivity index (χ2v) is 7.08. The van der Waals surface area contributed by atoms with Gasteiger partial charge in [-0.05, 0) is 36.4 Å². The van der Waals surface area contributed by atoms with E-state index in [2.05, 4.69) is 42.2 Å². The lowest BCUT2D eigenvalue weighted by Gasteiger charge is -2.20. The number of rotatable bonds is 1. The first-order chi connectivity index (χ1) is 10.5. The highest BCUT2D eigenvalue weighted by atomic mass is 79.9. The molecule has 3 aromatic rings. The minimum absolute atomic E-state index is 0.443. The molecule has 0 fully saturated rings. The van der Waals surface area contributed by atoms with Crippen LogP contribution in [0.1, 0.15) is 11.1 Å². The van der Waals surface area contributed by atoms with Gasteiger partial charge in [-0.1, -0.05) is 31.9 Å². The van der Waals surface area contributed by atoms with E-state index < -0.39 is 11.5 Å². The summed E-state index contributed by atoms with van der Waals surface area (Å²) in [6.07, 6.45) is 1.69. The van der Waals surface area contributed by atoms with Gasteiger partial charge in [0.25, 0.3) is 5.91 Å². The number of amides is 1. The molecular formula is C16H10Br2N2O2. The molecule has 110 valence electrons. The van der Waals surface area contributed by atoms with Crippen molar-refractivity contribution in [2.24, 2.45) is 0 Å². The summed E-state index contributed by atoms with van der Waals surface area (Å²) in [7, 11) is 0. The molecule has 2 aromatic carbocycles. The number of carbonyl (C=O) groups is 1. The van der Waals surface area contributed by atoms with Gasteiger partial charge in [0.2, 0.25) is 0 Å². The number of halogens is 2. The molecule has 1 aliphatic rings. The minimum atomic E-state index is -1.71. The number of benzene rings is 2. The topological polar surface area (TPSA) is 65.1 Å². The number of H-pyrrole nitrogens is 1. The summed E-state index contributed by atoms with van der Waals surface area (Å²) in [4.78, 5) is 15.6. The number of hydrogen-bond donors (Lipinski definition) is 3. The highest BCUT2D eigenvalue weighted by Gasteiger charge is 2.48. The number of carbonyl (C=O) groups excluding carboxylic acids is 1. The Morgan fingerprint density at radius 2 is 1.73 bits per heavy atom. The second kappa shape index (κ2) is 4.68. The SMILES string of the molecule is O=C1Nc2ccc(Br)cc2C1(O)c1c[nH]c2ccc(Br)cc12. The second-order valence-electron chi connectivity index (χ2n) is 5.25. The maximum Gasteiger partial charge on any atom is 0.265 e. The largest absolute Gasteiger partial charge is 0.372 e. The van der Waals surface area contributed by atoms with E-state index in [1.165, 1.54) is 0 Å². The van der Waals surface area contributed by atoms with E-state index in [9.17, 15) is 9.90 Å². The van der Waals surface area contributed by atoms with Crippen molar-refractivity contribution in [3.63, 3.8) is 0 Å². The fourth-order valence-electron chi connectivity index (χ4n) is 2.92. The standard InChI is InChI=1S/C16H10Br2N2O2/c17-8-1-3-13-10(5-8)12(7-19-13)16(22)11-6-9(18)2-4-14(11)20-15(16)21/h1-7,19,22H,(H,20,21). The first-order valence-electron chi connectivity index (χ1n) is 6.61. The Hall–Kier alpha value is -1.63. The molecule has 0 spiro atoms. The zero-order valence-corrected chi connectivity index (χ0v) is 14.3. The smallest absolute Gasteiger partial charge is 0.265 e. The van der Waals surface area contributed by atoms with Crippen molar-refractivity contribution in [3.05, 3.63) is 62.7 Å². The van der Waals surface area contributed by atoms with Crippen molar-refractivity contribution in [2.45, 2.75) is 5.60 Å². The van der Waals surface area contributed by atoms with Crippen LogP contribution in [0.3, 0.4) is 0 Å². The highest BCUT2D eigenvalue weighted by Crippen LogP contribution is 2.44. The van der Waals surface area contributed by atoms with Gasteiger partial charge < -0.3 is 15.4 Å². The van der Waals surface area contributed by atoms with Crippen LogP contribution < -0.4 is 5.32 Å². The predicted molar refractivity (Wildman–Crippen MR) is 91.8 cm³/mol. The summed E-state index contributed by atoms with van der Waals surface area (Å²) in [6, 6.07) is 11.1. The van der Waals surface area contributed by atoms with Crippen molar-refractivity contribution in [1.82, 2.24) is 4.98 Å². The lowest BCUT2D eigenvalue weighted by atomic mass is 9.87. The van der Waals surface area contributed by atoms with E-state index in [1.54, 1.807) is 18.3 Å². The summed E-state index contributed by atoms with van der Waals surface area (Å²) in [5.74, 6) is -0.443. The van der Waals surface area contributed by atoms with Crippen molar-refractivity contribution in [3.8, 4) is 0 Å². The molecule has 1 atom stereocenters. The van der Waals surface area contributed by atoms with E-state index >= 15 is 0 Å². The van der Waals surface area contributed by atoms with Gasteiger partial charge in [0.15, 0.2) is 5.60 Å². The van der Waals surface area contributed by atoms with Gasteiger partial charge in [-0.2, -0.15) is 0 Å². The van der Waals surface area contributed by atoms with Crippen molar-refractivity contribution in [2.75, 3.05) is 5.32 Å². The van der Waals surface area contributed by atoms with Crippen LogP contribution in [0.2, 0.25) is 0 Å². The molecule has 0 radical (unpaired) electrons. The summed E-state index contributed by atoms with van der Waals surface area (Å²) < 4.78 is 1.69. The zero-order valence-electron chi connectivity index (χ0n) is 11.2. The molecule has 0 saturated heterocycles. The molecule has 3 N–H and O–H groups in total. The summed E-state index contributed by atoms with van der Waals surface area (Å²) in [5, 5.41) is 14.8. The maximum absolute atomic E-state index is 12.5. The summed E-state index contributed by atoms with van der Waals surface area (Å²) in [5.41, 5.74) is 0.867. The van der Waals surface area contributed by atoms with Gasteiger partial charge in [-0.15, -0.1) is 0 Å². The van der Waals surface area contributed by atoms with Crippen LogP contribution in [0.5, 0.6) is 0 Å². The molecule has 1 unspecified atom stereocenters. The van der Waals surface area contributed by atoms with Gasteiger partial charge in [0.1, 0.15) is 0 Å². The van der Waals surface area contributed by atoms with Crippen LogP contribution in [-0.2, 0) is 10.4 Å². The van der Waals surface area contributed by atoms with E-state index in [1.807, 2.05) is 24.3 Å². The summed E-state index contributed by atoms with van der Waals surface area (Å²) >= 11 is 6.83. The number of anilines is 1. The molecule has 1 aliphatic heterocycles.